The lowest BCUT2D eigenvalue weighted by molar-refractivity contribution is -0.118. The second-order valence-electron chi connectivity index (χ2n) is 6.38. The molecule has 3 aromatic rings. The highest BCUT2D eigenvalue weighted by molar-refractivity contribution is 6.01. The molecule has 30 heavy (non-hydrogen) atoms. The van der Waals surface area contributed by atoms with Crippen molar-refractivity contribution in [3.8, 4) is 0 Å². The van der Waals surface area contributed by atoms with Crippen LogP contribution in [0.1, 0.15) is 21.7 Å². The van der Waals surface area contributed by atoms with E-state index in [0.29, 0.717) is 23.6 Å². The molecule has 0 saturated heterocycles. The molecule has 0 aliphatic rings. The van der Waals surface area contributed by atoms with E-state index in [1.165, 1.54) is 6.26 Å². The molecule has 4 amide bonds. The van der Waals surface area contributed by atoms with Crippen molar-refractivity contribution in [2.24, 2.45) is 0 Å². The molecule has 0 atom stereocenters. The molecular weight excluding hydrogens is 384 g/mol. The van der Waals surface area contributed by atoms with E-state index in [1.807, 2.05) is 30.3 Å². The summed E-state index contributed by atoms with van der Waals surface area (Å²) >= 11 is 0. The number of amides is 4. The van der Waals surface area contributed by atoms with Crippen LogP contribution in [0.5, 0.6) is 0 Å². The quantitative estimate of drug-likeness (QED) is 0.459. The Balaban J connectivity index is 1.47. The molecule has 8 heteroatoms. The van der Waals surface area contributed by atoms with Crippen LogP contribution in [-0.4, -0.2) is 24.4 Å². The van der Waals surface area contributed by atoms with Gasteiger partial charge in [0.15, 0.2) is 0 Å². The number of rotatable bonds is 8. The molecule has 0 unspecified atom stereocenters. The number of nitrogens with one attached hydrogen (secondary N) is 4. The van der Waals surface area contributed by atoms with Gasteiger partial charge in [-0.05, 0) is 29.8 Å². The highest BCUT2D eigenvalue weighted by Gasteiger charge is 2.13. The Morgan fingerprint density at radius 3 is 2.33 bits per heavy atom. The molecule has 0 saturated carbocycles. The van der Waals surface area contributed by atoms with E-state index in [2.05, 4.69) is 21.3 Å². The zero-order valence-corrected chi connectivity index (χ0v) is 16.2. The first-order valence-corrected chi connectivity index (χ1v) is 9.37. The first-order valence-electron chi connectivity index (χ1n) is 9.37. The van der Waals surface area contributed by atoms with Crippen LogP contribution < -0.4 is 21.3 Å². The van der Waals surface area contributed by atoms with Crippen LogP contribution in [0.15, 0.2) is 77.4 Å². The van der Waals surface area contributed by atoms with Gasteiger partial charge >= 0.3 is 6.03 Å². The second-order valence-corrected chi connectivity index (χ2v) is 6.38. The Labute approximate surface area is 173 Å². The van der Waals surface area contributed by atoms with Crippen molar-refractivity contribution in [3.05, 3.63) is 89.9 Å². The molecule has 1 aromatic heterocycles. The van der Waals surface area contributed by atoms with E-state index in [4.69, 9.17) is 4.42 Å². The lowest BCUT2D eigenvalue weighted by atomic mass is 10.1. The number of carbonyl (C=O) groups excluding carboxylic acids is 3. The fraction of sp³-hybridized carbons (Fsp3) is 0.136. The van der Waals surface area contributed by atoms with Crippen LogP contribution >= 0.6 is 0 Å². The summed E-state index contributed by atoms with van der Waals surface area (Å²) in [5.41, 5.74) is 1.78. The van der Waals surface area contributed by atoms with Crippen molar-refractivity contribution in [2.75, 3.05) is 11.9 Å². The fourth-order valence-corrected chi connectivity index (χ4v) is 2.68. The van der Waals surface area contributed by atoms with Gasteiger partial charge in [0.1, 0.15) is 5.76 Å². The van der Waals surface area contributed by atoms with Crippen LogP contribution in [0, 0.1) is 0 Å². The summed E-state index contributed by atoms with van der Waals surface area (Å²) in [6, 6.07) is 19.1. The zero-order chi connectivity index (χ0) is 21.2. The Bertz CT molecular complexity index is 987. The first-order chi connectivity index (χ1) is 14.6. The lowest BCUT2D eigenvalue weighted by Crippen LogP contribution is -2.41. The Morgan fingerprint density at radius 2 is 1.57 bits per heavy atom. The van der Waals surface area contributed by atoms with Crippen molar-refractivity contribution >= 4 is 23.5 Å². The molecule has 0 spiro atoms. The molecule has 8 nitrogen and oxygen atoms in total. The van der Waals surface area contributed by atoms with Gasteiger partial charge in [-0.15, -0.1) is 0 Å². The average Bonchev–Trinajstić information content (AvgIpc) is 3.29. The molecule has 0 aliphatic carbocycles. The third-order valence-corrected chi connectivity index (χ3v) is 4.16. The lowest BCUT2D eigenvalue weighted by Gasteiger charge is -2.12. The smallest absolute Gasteiger partial charge is 0.321 e. The normalized spacial score (nSPS) is 10.1. The van der Waals surface area contributed by atoms with E-state index in [9.17, 15) is 14.4 Å². The largest absolute Gasteiger partial charge is 0.467 e. The predicted octanol–water partition coefficient (Wildman–Crippen LogP) is 2.65. The average molecular weight is 406 g/mol. The van der Waals surface area contributed by atoms with Crippen LogP contribution in [0.25, 0.3) is 0 Å². The molecule has 154 valence electrons. The second kappa shape index (κ2) is 10.5. The summed E-state index contributed by atoms with van der Waals surface area (Å²) in [5.74, 6) is -0.198. The van der Waals surface area contributed by atoms with Gasteiger partial charge in [0.2, 0.25) is 5.91 Å². The van der Waals surface area contributed by atoms with Gasteiger partial charge in [0.25, 0.3) is 5.91 Å². The van der Waals surface area contributed by atoms with Gasteiger partial charge < -0.3 is 20.4 Å². The summed E-state index contributed by atoms with van der Waals surface area (Å²) in [6.45, 7) is 0.398. The standard InChI is InChI=1S/C22H22N4O4/c27-20(26-22(29)25-13-16-7-2-1-3-8-16)15-23-19-11-5-4-10-18(19)21(28)24-14-17-9-6-12-30-17/h1-12,23H,13-15H2,(H,24,28)(H2,25,26,27,29). The van der Waals surface area contributed by atoms with Crippen LogP contribution in [0.2, 0.25) is 0 Å². The van der Waals surface area contributed by atoms with E-state index in [0.717, 1.165) is 5.56 Å². The Hall–Kier alpha value is -4.07. The summed E-state index contributed by atoms with van der Waals surface area (Å²) in [7, 11) is 0. The summed E-state index contributed by atoms with van der Waals surface area (Å²) in [6.07, 6.45) is 1.53. The van der Waals surface area contributed by atoms with Gasteiger partial charge in [0.05, 0.1) is 24.9 Å². The van der Waals surface area contributed by atoms with Crippen molar-refractivity contribution in [1.29, 1.82) is 0 Å². The van der Waals surface area contributed by atoms with E-state index in [-0.39, 0.29) is 19.0 Å². The topological polar surface area (TPSA) is 112 Å². The molecule has 0 fully saturated rings. The fourth-order valence-electron chi connectivity index (χ4n) is 2.68. The minimum atomic E-state index is -0.588. The Kier molecular flexibility index (Phi) is 7.21. The molecule has 4 N–H and O–H groups in total. The Morgan fingerprint density at radius 1 is 0.800 bits per heavy atom. The summed E-state index contributed by atoms with van der Waals surface area (Å²) in [5, 5.41) is 10.5. The third-order valence-electron chi connectivity index (χ3n) is 4.16. The van der Waals surface area contributed by atoms with E-state index >= 15 is 0 Å². The third kappa shape index (κ3) is 6.23. The van der Waals surface area contributed by atoms with Crippen molar-refractivity contribution in [1.82, 2.24) is 16.0 Å². The van der Waals surface area contributed by atoms with Gasteiger partial charge in [-0.2, -0.15) is 0 Å². The first kappa shape index (κ1) is 20.7. The molecule has 2 aromatic carbocycles. The number of hydrogen-bond acceptors (Lipinski definition) is 5. The maximum atomic E-state index is 12.4. The molecule has 0 aliphatic heterocycles. The van der Waals surface area contributed by atoms with Gasteiger partial charge in [0, 0.05) is 12.2 Å². The van der Waals surface area contributed by atoms with Crippen LogP contribution in [-0.2, 0) is 17.9 Å². The van der Waals surface area contributed by atoms with E-state index < -0.39 is 11.9 Å². The highest BCUT2D eigenvalue weighted by Crippen LogP contribution is 2.15. The summed E-state index contributed by atoms with van der Waals surface area (Å²) in [4.78, 5) is 36.4. The maximum absolute atomic E-state index is 12.4. The minimum Gasteiger partial charge on any atom is -0.467 e. The number of carbonyl (C=O) groups is 3. The monoisotopic (exact) mass is 406 g/mol. The molecule has 0 bridgehead atoms. The molecule has 3 rings (SSSR count). The SMILES string of the molecule is O=C(CNc1ccccc1C(=O)NCc1ccco1)NC(=O)NCc1ccccc1. The van der Waals surface area contributed by atoms with Crippen molar-refractivity contribution in [2.45, 2.75) is 13.1 Å². The number of anilines is 1. The van der Waals surface area contributed by atoms with Crippen molar-refractivity contribution in [3.63, 3.8) is 0 Å². The van der Waals surface area contributed by atoms with Crippen molar-refractivity contribution < 1.29 is 18.8 Å². The highest BCUT2D eigenvalue weighted by atomic mass is 16.3. The predicted molar refractivity (Wildman–Crippen MR) is 112 cm³/mol. The van der Waals surface area contributed by atoms with Gasteiger partial charge in [-0.1, -0.05) is 42.5 Å². The number of imide groups is 1. The number of furan rings is 1. The number of benzene rings is 2. The van der Waals surface area contributed by atoms with E-state index in [1.54, 1.807) is 36.4 Å². The van der Waals surface area contributed by atoms with Crippen LogP contribution in [0.3, 0.4) is 0 Å². The molecular formula is C22H22N4O4. The number of para-hydroxylation sites is 1. The zero-order valence-electron chi connectivity index (χ0n) is 16.2. The maximum Gasteiger partial charge on any atom is 0.321 e. The van der Waals surface area contributed by atoms with Crippen LogP contribution in [0.4, 0.5) is 10.5 Å². The molecule has 1 heterocycles. The number of hydrogen-bond donors (Lipinski definition) is 4. The van der Waals surface area contributed by atoms with Gasteiger partial charge in [-0.25, -0.2) is 4.79 Å². The van der Waals surface area contributed by atoms with Gasteiger partial charge in [-0.3, -0.25) is 14.9 Å². The summed E-state index contributed by atoms with van der Waals surface area (Å²) < 4.78 is 5.19. The minimum absolute atomic E-state index is 0.165. The number of urea groups is 1. The molecule has 0 radical (unpaired) electrons.